The fourth-order valence-electron chi connectivity index (χ4n) is 1.75. The first-order chi connectivity index (χ1) is 9.81. The topological polar surface area (TPSA) is 47.3 Å². The molecule has 0 saturated carbocycles. The molecular weight excluding hydrogens is 288 g/mol. The van der Waals surface area contributed by atoms with E-state index in [1.165, 1.54) is 19.2 Å². The molecule has 3 N–H and O–H groups in total. The van der Waals surface area contributed by atoms with Crippen molar-refractivity contribution in [2.24, 2.45) is 0 Å². The predicted octanol–water partition coefficient (Wildman–Crippen LogP) is 4.18. The Hall–Kier alpha value is -2.44. The fourth-order valence-corrected chi connectivity index (χ4v) is 1.75. The minimum absolute atomic E-state index is 0.0729. The molecule has 0 heterocycles. The Morgan fingerprint density at radius 1 is 1.10 bits per heavy atom. The van der Waals surface area contributed by atoms with Gasteiger partial charge < -0.3 is 15.8 Å². The van der Waals surface area contributed by atoms with Gasteiger partial charge in [-0.3, -0.25) is 0 Å². The molecule has 0 aliphatic rings. The van der Waals surface area contributed by atoms with Crippen LogP contribution in [0.1, 0.15) is 5.56 Å². The molecule has 2 aromatic rings. The largest absolute Gasteiger partial charge is 0.497 e. The zero-order valence-corrected chi connectivity index (χ0v) is 11.0. The lowest BCUT2D eigenvalue weighted by Crippen LogP contribution is -2.08. The summed E-state index contributed by atoms with van der Waals surface area (Å²) in [4.78, 5) is 0. The zero-order valence-electron chi connectivity index (χ0n) is 11.0. The van der Waals surface area contributed by atoms with E-state index >= 15 is 0 Å². The second-order valence-electron chi connectivity index (χ2n) is 4.27. The van der Waals surface area contributed by atoms with E-state index in [2.05, 4.69) is 5.32 Å². The summed E-state index contributed by atoms with van der Waals surface area (Å²) in [6, 6.07) is 7.34. The van der Waals surface area contributed by atoms with E-state index in [9.17, 15) is 17.6 Å². The van der Waals surface area contributed by atoms with Gasteiger partial charge in [-0.15, -0.1) is 0 Å². The highest BCUT2D eigenvalue weighted by Crippen LogP contribution is 2.34. The quantitative estimate of drug-likeness (QED) is 0.660. The number of hydrogen-bond donors (Lipinski definition) is 2. The SMILES string of the molecule is COc1ccc(N)c(Nc2ccc(F)c(C(F)(F)F)c2)c1. The molecule has 21 heavy (non-hydrogen) atoms. The Bertz CT molecular complexity index is 656. The molecule has 0 fully saturated rings. The molecule has 0 saturated heterocycles. The number of nitrogens with two attached hydrogens (primary N) is 1. The lowest BCUT2D eigenvalue weighted by atomic mass is 10.1. The summed E-state index contributed by atoms with van der Waals surface area (Å²) in [5.74, 6) is -0.837. The smallest absolute Gasteiger partial charge is 0.419 e. The second-order valence-corrected chi connectivity index (χ2v) is 4.27. The zero-order chi connectivity index (χ0) is 15.6. The Morgan fingerprint density at radius 3 is 2.43 bits per heavy atom. The number of halogens is 4. The Labute approximate surface area is 118 Å². The first-order valence-corrected chi connectivity index (χ1v) is 5.88. The molecule has 0 aliphatic heterocycles. The predicted molar refractivity (Wildman–Crippen MR) is 72.1 cm³/mol. The van der Waals surface area contributed by atoms with Gasteiger partial charge in [0.05, 0.1) is 24.0 Å². The Balaban J connectivity index is 2.36. The number of alkyl halides is 3. The van der Waals surface area contributed by atoms with E-state index in [0.29, 0.717) is 23.2 Å². The minimum Gasteiger partial charge on any atom is -0.497 e. The molecule has 7 heteroatoms. The number of anilines is 3. The van der Waals surface area contributed by atoms with Gasteiger partial charge in [-0.05, 0) is 30.3 Å². The molecule has 2 rings (SSSR count). The van der Waals surface area contributed by atoms with Gasteiger partial charge in [-0.2, -0.15) is 13.2 Å². The maximum absolute atomic E-state index is 13.2. The van der Waals surface area contributed by atoms with Crippen LogP contribution in [0, 0.1) is 5.82 Å². The number of benzene rings is 2. The third-order valence-electron chi connectivity index (χ3n) is 2.81. The molecule has 0 aliphatic carbocycles. The lowest BCUT2D eigenvalue weighted by Gasteiger charge is -2.13. The number of nitrogens with one attached hydrogen (secondary N) is 1. The summed E-state index contributed by atoms with van der Waals surface area (Å²) in [6.45, 7) is 0. The maximum Gasteiger partial charge on any atom is 0.419 e. The number of nitrogen functional groups attached to an aromatic ring is 1. The summed E-state index contributed by atoms with van der Waals surface area (Å²) in [6.07, 6.45) is -4.76. The van der Waals surface area contributed by atoms with E-state index in [1.807, 2.05) is 0 Å². The molecule has 0 aromatic heterocycles. The van der Waals surface area contributed by atoms with Gasteiger partial charge in [0.15, 0.2) is 0 Å². The molecular formula is C14H12F4N2O. The third-order valence-corrected chi connectivity index (χ3v) is 2.81. The standard InChI is InChI=1S/C14H12F4N2O/c1-21-9-3-5-12(19)13(7-9)20-8-2-4-11(15)10(6-8)14(16,17)18/h2-7,20H,19H2,1H3. The van der Waals surface area contributed by atoms with E-state index in [4.69, 9.17) is 10.5 Å². The number of ether oxygens (including phenoxy) is 1. The highest BCUT2D eigenvalue weighted by atomic mass is 19.4. The molecule has 0 radical (unpaired) electrons. The van der Waals surface area contributed by atoms with Crippen LogP contribution in [-0.4, -0.2) is 7.11 Å². The highest BCUT2D eigenvalue weighted by molar-refractivity contribution is 5.74. The normalized spacial score (nSPS) is 11.3. The van der Waals surface area contributed by atoms with Crippen LogP contribution in [0.4, 0.5) is 34.6 Å². The number of rotatable bonds is 3. The highest BCUT2D eigenvalue weighted by Gasteiger charge is 2.34. The molecule has 2 aromatic carbocycles. The molecule has 3 nitrogen and oxygen atoms in total. The van der Waals surface area contributed by atoms with Gasteiger partial charge in [0.1, 0.15) is 11.6 Å². The van der Waals surface area contributed by atoms with Gasteiger partial charge in [-0.1, -0.05) is 0 Å². The second kappa shape index (κ2) is 5.51. The van der Waals surface area contributed by atoms with Gasteiger partial charge in [-0.25, -0.2) is 4.39 Å². The van der Waals surface area contributed by atoms with Crippen molar-refractivity contribution in [2.75, 3.05) is 18.2 Å². The van der Waals surface area contributed by atoms with Crippen LogP contribution in [0.3, 0.4) is 0 Å². The van der Waals surface area contributed by atoms with Gasteiger partial charge in [0.25, 0.3) is 0 Å². The van der Waals surface area contributed by atoms with Crippen molar-refractivity contribution in [3.63, 3.8) is 0 Å². The van der Waals surface area contributed by atoms with Crippen LogP contribution in [0.25, 0.3) is 0 Å². The average molecular weight is 300 g/mol. The van der Waals surface area contributed by atoms with Crippen LogP contribution >= 0.6 is 0 Å². The average Bonchev–Trinajstić information content (AvgIpc) is 2.42. The van der Waals surface area contributed by atoms with E-state index in [0.717, 1.165) is 6.07 Å². The van der Waals surface area contributed by atoms with E-state index < -0.39 is 17.6 Å². The first-order valence-electron chi connectivity index (χ1n) is 5.88. The van der Waals surface area contributed by atoms with Crippen molar-refractivity contribution in [3.8, 4) is 5.75 Å². The monoisotopic (exact) mass is 300 g/mol. The third kappa shape index (κ3) is 3.36. The molecule has 0 amide bonds. The fraction of sp³-hybridized carbons (Fsp3) is 0.143. The van der Waals surface area contributed by atoms with Crippen molar-refractivity contribution in [2.45, 2.75) is 6.18 Å². The summed E-state index contributed by atoms with van der Waals surface area (Å²) in [7, 11) is 1.45. The molecule has 112 valence electrons. The molecule has 0 bridgehead atoms. The summed E-state index contributed by atoms with van der Waals surface area (Å²) < 4.78 is 56.2. The number of methoxy groups -OCH3 is 1. The molecule has 0 atom stereocenters. The van der Waals surface area contributed by atoms with E-state index in [1.54, 1.807) is 12.1 Å². The van der Waals surface area contributed by atoms with Gasteiger partial charge >= 0.3 is 6.18 Å². The molecule has 0 unspecified atom stereocenters. The van der Waals surface area contributed by atoms with Crippen molar-refractivity contribution in [3.05, 3.63) is 47.8 Å². The van der Waals surface area contributed by atoms with Crippen molar-refractivity contribution < 1.29 is 22.3 Å². The number of hydrogen-bond acceptors (Lipinski definition) is 3. The Morgan fingerprint density at radius 2 is 1.81 bits per heavy atom. The van der Waals surface area contributed by atoms with E-state index in [-0.39, 0.29) is 5.69 Å². The minimum atomic E-state index is -4.76. The summed E-state index contributed by atoms with van der Waals surface area (Å²) >= 11 is 0. The Kier molecular flexibility index (Phi) is 3.93. The van der Waals surface area contributed by atoms with Crippen molar-refractivity contribution in [1.82, 2.24) is 0 Å². The van der Waals surface area contributed by atoms with Crippen LogP contribution in [0.15, 0.2) is 36.4 Å². The van der Waals surface area contributed by atoms with Gasteiger partial charge in [0, 0.05) is 11.8 Å². The van der Waals surface area contributed by atoms with Crippen LogP contribution in [-0.2, 0) is 6.18 Å². The van der Waals surface area contributed by atoms with Gasteiger partial charge in [0.2, 0.25) is 0 Å². The van der Waals surface area contributed by atoms with Crippen molar-refractivity contribution in [1.29, 1.82) is 0 Å². The lowest BCUT2D eigenvalue weighted by molar-refractivity contribution is -0.139. The summed E-state index contributed by atoms with van der Waals surface area (Å²) in [5.41, 5.74) is 5.16. The van der Waals surface area contributed by atoms with Crippen LogP contribution in [0.5, 0.6) is 5.75 Å². The first kappa shape index (κ1) is 15.0. The summed E-state index contributed by atoms with van der Waals surface area (Å²) in [5, 5.41) is 2.71. The maximum atomic E-state index is 13.2. The van der Waals surface area contributed by atoms with Crippen LogP contribution in [0.2, 0.25) is 0 Å². The van der Waals surface area contributed by atoms with Crippen LogP contribution < -0.4 is 15.8 Å². The molecule has 0 spiro atoms. The van der Waals surface area contributed by atoms with Crippen molar-refractivity contribution >= 4 is 17.1 Å².